The van der Waals surface area contributed by atoms with Gasteiger partial charge in [-0.2, -0.15) is 0 Å². The second-order valence-electron chi connectivity index (χ2n) is 7.58. The molecule has 32 heavy (non-hydrogen) atoms. The highest BCUT2D eigenvalue weighted by molar-refractivity contribution is 7.89. The van der Waals surface area contributed by atoms with Crippen LogP contribution in [0.3, 0.4) is 0 Å². The van der Waals surface area contributed by atoms with Gasteiger partial charge in [0.05, 0.1) is 22.7 Å². The van der Waals surface area contributed by atoms with Crippen LogP contribution in [0.25, 0.3) is 0 Å². The molecule has 166 valence electrons. The fraction of sp³-hybridized carbons (Fsp3) is 0.250. The second kappa shape index (κ2) is 10.0. The summed E-state index contributed by atoms with van der Waals surface area (Å²) in [5.41, 5.74) is 1.97. The summed E-state index contributed by atoms with van der Waals surface area (Å²) < 4.78 is 33.1. The fourth-order valence-corrected chi connectivity index (χ4v) is 4.68. The summed E-state index contributed by atoms with van der Waals surface area (Å²) in [7, 11) is -3.67. The van der Waals surface area contributed by atoms with E-state index < -0.39 is 16.1 Å². The van der Waals surface area contributed by atoms with E-state index in [4.69, 9.17) is 4.74 Å². The third-order valence-electron chi connectivity index (χ3n) is 5.34. The number of amides is 1. The maximum Gasteiger partial charge on any atom is 0.252 e. The van der Waals surface area contributed by atoms with E-state index in [1.165, 1.54) is 24.3 Å². The summed E-state index contributed by atoms with van der Waals surface area (Å²) in [5, 5.41) is 3.00. The zero-order valence-corrected chi connectivity index (χ0v) is 18.3. The van der Waals surface area contributed by atoms with Gasteiger partial charge in [-0.3, -0.25) is 9.78 Å². The van der Waals surface area contributed by atoms with Gasteiger partial charge in [0.2, 0.25) is 10.0 Å². The van der Waals surface area contributed by atoms with E-state index >= 15 is 0 Å². The van der Waals surface area contributed by atoms with Gasteiger partial charge < -0.3 is 10.1 Å². The molecule has 8 heteroatoms. The van der Waals surface area contributed by atoms with Crippen molar-refractivity contribution in [3.8, 4) is 0 Å². The van der Waals surface area contributed by atoms with Crippen LogP contribution < -0.4 is 10.0 Å². The molecule has 1 aliphatic heterocycles. The summed E-state index contributed by atoms with van der Waals surface area (Å²) in [6, 6.07) is 20.6. The first-order valence-corrected chi connectivity index (χ1v) is 12.0. The van der Waals surface area contributed by atoms with Gasteiger partial charge >= 0.3 is 0 Å². The second-order valence-corrected chi connectivity index (χ2v) is 9.35. The van der Waals surface area contributed by atoms with Crippen molar-refractivity contribution in [1.29, 1.82) is 0 Å². The lowest BCUT2D eigenvalue weighted by Gasteiger charge is -2.19. The molecule has 1 amide bonds. The Kier molecular flexibility index (Phi) is 6.94. The van der Waals surface area contributed by atoms with Crippen LogP contribution >= 0.6 is 0 Å². The Morgan fingerprint density at radius 1 is 1.03 bits per heavy atom. The molecule has 7 nitrogen and oxygen atoms in total. The SMILES string of the molecule is O=C(NC(c1ccccc1)c1ccccn1)c1ccc(S(=O)(=O)NCC2CCCO2)cc1. The maximum atomic E-state index is 12.9. The summed E-state index contributed by atoms with van der Waals surface area (Å²) in [6.07, 6.45) is 3.39. The summed E-state index contributed by atoms with van der Waals surface area (Å²) in [5.74, 6) is -0.319. The van der Waals surface area contributed by atoms with Gasteiger partial charge in [0.15, 0.2) is 0 Å². The molecule has 2 N–H and O–H groups in total. The minimum Gasteiger partial charge on any atom is -0.377 e. The van der Waals surface area contributed by atoms with Crippen LogP contribution in [-0.4, -0.2) is 38.6 Å². The third kappa shape index (κ3) is 5.40. The molecule has 2 unspecified atom stereocenters. The van der Waals surface area contributed by atoms with Gasteiger partial charge in [0.25, 0.3) is 5.91 Å². The summed E-state index contributed by atoms with van der Waals surface area (Å²) in [4.78, 5) is 17.4. The highest BCUT2D eigenvalue weighted by atomic mass is 32.2. The molecule has 2 aromatic carbocycles. The zero-order chi connectivity index (χ0) is 22.4. The number of pyridine rings is 1. The number of ether oxygens (including phenoxy) is 1. The van der Waals surface area contributed by atoms with Crippen molar-refractivity contribution in [2.45, 2.75) is 29.9 Å². The smallest absolute Gasteiger partial charge is 0.252 e. The Balaban J connectivity index is 1.47. The molecule has 1 saturated heterocycles. The molecule has 1 fully saturated rings. The molecular formula is C24H25N3O4S. The standard InChI is InChI=1S/C24H25N3O4S/c28-24(27-23(18-7-2-1-3-8-18)22-10-4-5-15-25-22)19-11-13-21(14-12-19)32(29,30)26-17-20-9-6-16-31-20/h1-5,7-8,10-15,20,23,26H,6,9,16-17H2,(H,27,28). The van der Waals surface area contributed by atoms with Gasteiger partial charge in [-0.05, 0) is 54.8 Å². The van der Waals surface area contributed by atoms with Gasteiger partial charge in [0.1, 0.15) is 0 Å². The molecule has 4 rings (SSSR count). The third-order valence-corrected chi connectivity index (χ3v) is 6.78. The van der Waals surface area contributed by atoms with E-state index in [2.05, 4.69) is 15.0 Å². The lowest BCUT2D eigenvalue weighted by Crippen LogP contribution is -2.32. The molecule has 3 aromatic rings. The molecule has 0 aliphatic carbocycles. The Hall–Kier alpha value is -3.07. The van der Waals surface area contributed by atoms with Crippen molar-refractivity contribution in [1.82, 2.24) is 15.0 Å². The number of carbonyl (C=O) groups excluding carboxylic acids is 1. The van der Waals surface area contributed by atoms with Crippen LogP contribution in [0.15, 0.2) is 83.9 Å². The first-order valence-electron chi connectivity index (χ1n) is 10.5. The number of benzene rings is 2. The molecule has 0 radical (unpaired) electrons. The normalized spacial score (nSPS) is 17.1. The number of nitrogens with one attached hydrogen (secondary N) is 2. The minimum absolute atomic E-state index is 0.0867. The van der Waals surface area contributed by atoms with Gasteiger partial charge in [-0.15, -0.1) is 0 Å². The Morgan fingerprint density at radius 2 is 1.78 bits per heavy atom. The van der Waals surface area contributed by atoms with E-state index in [-0.39, 0.29) is 23.5 Å². The lowest BCUT2D eigenvalue weighted by atomic mass is 10.0. The zero-order valence-electron chi connectivity index (χ0n) is 17.5. The molecule has 0 saturated carbocycles. The monoisotopic (exact) mass is 451 g/mol. The first kappa shape index (κ1) is 22.1. The van der Waals surface area contributed by atoms with Crippen molar-refractivity contribution in [2.75, 3.05) is 13.2 Å². The summed E-state index contributed by atoms with van der Waals surface area (Å²) in [6.45, 7) is 0.909. The molecule has 1 aliphatic rings. The molecule has 2 heterocycles. The topological polar surface area (TPSA) is 97.4 Å². The fourth-order valence-electron chi connectivity index (χ4n) is 3.61. The number of hydrogen-bond acceptors (Lipinski definition) is 5. The van der Waals surface area contributed by atoms with Gasteiger partial charge in [0, 0.05) is 24.9 Å². The van der Waals surface area contributed by atoms with Gasteiger partial charge in [-0.1, -0.05) is 36.4 Å². The van der Waals surface area contributed by atoms with Crippen LogP contribution in [0.4, 0.5) is 0 Å². The van der Waals surface area contributed by atoms with E-state index in [0.717, 1.165) is 18.4 Å². The van der Waals surface area contributed by atoms with E-state index in [9.17, 15) is 13.2 Å². The highest BCUT2D eigenvalue weighted by Crippen LogP contribution is 2.21. The van der Waals surface area contributed by atoms with Crippen LogP contribution in [0.5, 0.6) is 0 Å². The number of sulfonamides is 1. The Bertz CT molecular complexity index is 1090. The highest BCUT2D eigenvalue weighted by Gasteiger charge is 2.22. The molecule has 2 atom stereocenters. The largest absolute Gasteiger partial charge is 0.377 e. The Morgan fingerprint density at radius 3 is 2.44 bits per heavy atom. The molecule has 0 spiro atoms. The number of aromatic nitrogens is 1. The number of carbonyl (C=O) groups is 1. The van der Waals surface area contributed by atoms with Crippen LogP contribution in [0.1, 0.15) is 40.5 Å². The predicted molar refractivity (Wildman–Crippen MR) is 121 cm³/mol. The van der Waals surface area contributed by atoms with Crippen LogP contribution in [0.2, 0.25) is 0 Å². The van der Waals surface area contributed by atoms with Crippen LogP contribution in [0, 0.1) is 0 Å². The Labute approximate surface area is 187 Å². The average molecular weight is 452 g/mol. The lowest BCUT2D eigenvalue weighted by molar-refractivity contribution is 0.0942. The predicted octanol–water partition coefficient (Wildman–Crippen LogP) is 3.06. The van der Waals surface area contributed by atoms with E-state index in [1.807, 2.05) is 48.5 Å². The maximum absolute atomic E-state index is 12.9. The van der Waals surface area contributed by atoms with Crippen molar-refractivity contribution in [2.24, 2.45) is 0 Å². The average Bonchev–Trinajstić information content (AvgIpc) is 3.36. The van der Waals surface area contributed by atoms with E-state index in [0.29, 0.717) is 17.9 Å². The minimum atomic E-state index is -3.67. The quantitative estimate of drug-likeness (QED) is 0.549. The van der Waals surface area contributed by atoms with Crippen LogP contribution in [-0.2, 0) is 14.8 Å². The van der Waals surface area contributed by atoms with Crippen molar-refractivity contribution in [3.63, 3.8) is 0 Å². The summed E-state index contributed by atoms with van der Waals surface area (Å²) >= 11 is 0. The molecular weight excluding hydrogens is 426 g/mol. The number of rotatable bonds is 8. The van der Waals surface area contributed by atoms with Gasteiger partial charge in [-0.25, -0.2) is 13.1 Å². The first-order chi connectivity index (χ1) is 15.5. The van der Waals surface area contributed by atoms with Crippen molar-refractivity contribution >= 4 is 15.9 Å². The molecule has 0 bridgehead atoms. The number of hydrogen-bond donors (Lipinski definition) is 2. The molecule has 1 aromatic heterocycles. The number of nitrogens with zero attached hydrogens (tertiary/aromatic N) is 1. The van der Waals surface area contributed by atoms with Crippen molar-refractivity contribution < 1.29 is 17.9 Å². The van der Waals surface area contributed by atoms with Crippen molar-refractivity contribution in [3.05, 3.63) is 95.8 Å². The van der Waals surface area contributed by atoms with E-state index in [1.54, 1.807) is 6.20 Å².